The number of anilines is 1. The van der Waals surface area contributed by atoms with Gasteiger partial charge >= 0.3 is 0 Å². The molecule has 2 heterocycles. The molecule has 0 aliphatic carbocycles. The minimum atomic E-state index is -3.33. The molecule has 0 radical (unpaired) electrons. The molecule has 176 valence electrons. The van der Waals surface area contributed by atoms with Crippen molar-refractivity contribution in [3.8, 4) is 0 Å². The second kappa shape index (κ2) is 10.2. The van der Waals surface area contributed by atoms with Gasteiger partial charge in [0.2, 0.25) is 0 Å². The Morgan fingerprint density at radius 2 is 1.88 bits per heavy atom. The molecule has 0 unspecified atom stereocenters. The minimum Gasteiger partial charge on any atom is -0.351 e. The van der Waals surface area contributed by atoms with Gasteiger partial charge in [-0.3, -0.25) is 9.69 Å². The SMILES string of the molecule is CCc1ccc2nc(N3CCN(CCNC(=O)c4cccc(S(=O)(=O)CC)c4)CC3)sc2c1. The van der Waals surface area contributed by atoms with Crippen LogP contribution in [-0.2, 0) is 16.3 Å². The normalized spacial score (nSPS) is 15.2. The molecule has 1 N–H and O–H groups in total. The van der Waals surface area contributed by atoms with Crippen LogP contribution < -0.4 is 10.2 Å². The molecule has 1 aliphatic heterocycles. The van der Waals surface area contributed by atoms with E-state index in [0.29, 0.717) is 12.1 Å². The largest absolute Gasteiger partial charge is 0.351 e. The third-order valence-electron chi connectivity index (χ3n) is 6.04. The highest BCUT2D eigenvalue weighted by atomic mass is 32.2. The molecule has 0 atom stereocenters. The first kappa shape index (κ1) is 23.7. The number of amides is 1. The highest BCUT2D eigenvalue weighted by Crippen LogP contribution is 2.30. The third kappa shape index (κ3) is 5.54. The van der Waals surface area contributed by atoms with Crippen molar-refractivity contribution >= 4 is 42.4 Å². The summed E-state index contributed by atoms with van der Waals surface area (Å²) in [6.07, 6.45) is 1.03. The van der Waals surface area contributed by atoms with Gasteiger partial charge in [0.25, 0.3) is 5.91 Å². The number of thiazole rings is 1. The van der Waals surface area contributed by atoms with E-state index < -0.39 is 9.84 Å². The molecule has 1 aliphatic rings. The lowest BCUT2D eigenvalue weighted by atomic mass is 10.2. The van der Waals surface area contributed by atoms with Gasteiger partial charge in [-0.25, -0.2) is 13.4 Å². The van der Waals surface area contributed by atoms with Crippen molar-refractivity contribution in [1.82, 2.24) is 15.2 Å². The van der Waals surface area contributed by atoms with Crippen LogP contribution in [-0.4, -0.2) is 69.2 Å². The smallest absolute Gasteiger partial charge is 0.251 e. The maximum atomic E-state index is 12.5. The molecule has 33 heavy (non-hydrogen) atoms. The zero-order chi connectivity index (χ0) is 23.4. The van der Waals surface area contributed by atoms with Crippen LogP contribution in [0.2, 0.25) is 0 Å². The fraction of sp³-hybridized carbons (Fsp3) is 0.417. The Morgan fingerprint density at radius 3 is 2.61 bits per heavy atom. The molecule has 1 amide bonds. The van der Waals surface area contributed by atoms with Gasteiger partial charge in [0.15, 0.2) is 15.0 Å². The second-order valence-corrected chi connectivity index (χ2v) is 11.5. The number of sulfone groups is 1. The van der Waals surface area contributed by atoms with Crippen molar-refractivity contribution in [1.29, 1.82) is 0 Å². The van der Waals surface area contributed by atoms with E-state index in [1.807, 2.05) is 0 Å². The molecular weight excluding hydrogens is 456 g/mol. The van der Waals surface area contributed by atoms with Crippen molar-refractivity contribution in [2.24, 2.45) is 0 Å². The predicted molar refractivity (Wildman–Crippen MR) is 134 cm³/mol. The van der Waals surface area contributed by atoms with Crippen LogP contribution in [0.25, 0.3) is 10.2 Å². The van der Waals surface area contributed by atoms with Crippen LogP contribution in [0.4, 0.5) is 5.13 Å². The lowest BCUT2D eigenvalue weighted by Gasteiger charge is -2.34. The van der Waals surface area contributed by atoms with E-state index in [4.69, 9.17) is 4.98 Å². The van der Waals surface area contributed by atoms with E-state index in [-0.39, 0.29) is 16.6 Å². The van der Waals surface area contributed by atoms with Crippen molar-refractivity contribution in [3.05, 3.63) is 53.6 Å². The number of fused-ring (bicyclic) bond motifs is 1. The first-order valence-corrected chi connectivity index (χ1v) is 13.8. The van der Waals surface area contributed by atoms with Gasteiger partial charge in [-0.2, -0.15) is 0 Å². The topological polar surface area (TPSA) is 82.6 Å². The summed E-state index contributed by atoms with van der Waals surface area (Å²) in [4.78, 5) is 22.2. The number of hydrogen-bond donors (Lipinski definition) is 1. The second-order valence-electron chi connectivity index (χ2n) is 8.17. The van der Waals surface area contributed by atoms with E-state index in [1.54, 1.807) is 30.4 Å². The Kier molecular flexibility index (Phi) is 7.31. The number of carbonyl (C=O) groups excluding carboxylic acids is 1. The molecule has 9 heteroatoms. The average molecular weight is 487 g/mol. The summed E-state index contributed by atoms with van der Waals surface area (Å²) in [6, 6.07) is 12.7. The van der Waals surface area contributed by atoms with Gasteiger partial charge < -0.3 is 10.2 Å². The molecule has 4 rings (SSSR count). The molecular formula is C24H30N4O3S2. The number of aromatic nitrogens is 1. The number of carbonyl (C=O) groups is 1. The van der Waals surface area contributed by atoms with Gasteiger partial charge in [-0.05, 0) is 42.3 Å². The zero-order valence-corrected chi connectivity index (χ0v) is 20.7. The Morgan fingerprint density at radius 1 is 1.09 bits per heavy atom. The molecule has 0 saturated carbocycles. The number of hydrogen-bond acceptors (Lipinski definition) is 7. The third-order valence-corrected chi connectivity index (χ3v) is 8.85. The fourth-order valence-electron chi connectivity index (χ4n) is 3.90. The Bertz CT molecular complexity index is 1230. The fourth-order valence-corrected chi connectivity index (χ4v) is 5.91. The first-order chi connectivity index (χ1) is 15.9. The molecule has 2 aromatic carbocycles. The zero-order valence-electron chi connectivity index (χ0n) is 19.1. The molecule has 0 spiro atoms. The highest BCUT2D eigenvalue weighted by molar-refractivity contribution is 7.91. The summed E-state index contributed by atoms with van der Waals surface area (Å²) >= 11 is 1.75. The Hall–Kier alpha value is -2.49. The van der Waals surface area contributed by atoms with E-state index >= 15 is 0 Å². The van der Waals surface area contributed by atoms with E-state index in [1.165, 1.54) is 22.4 Å². The predicted octanol–water partition coefficient (Wildman–Crippen LogP) is 3.20. The molecule has 1 fully saturated rings. The number of piperazine rings is 1. The first-order valence-electron chi connectivity index (χ1n) is 11.4. The average Bonchev–Trinajstić information content (AvgIpc) is 3.27. The van der Waals surface area contributed by atoms with Crippen molar-refractivity contribution in [2.75, 3.05) is 49.9 Å². The molecule has 7 nitrogen and oxygen atoms in total. The number of nitrogens with zero attached hydrogens (tertiary/aromatic N) is 3. The van der Waals surface area contributed by atoms with Gasteiger partial charge in [0, 0.05) is 44.8 Å². The summed E-state index contributed by atoms with van der Waals surface area (Å²) in [6.45, 7) is 8.68. The number of nitrogens with one attached hydrogen (secondary N) is 1. The summed E-state index contributed by atoms with van der Waals surface area (Å²) in [5, 5.41) is 3.99. The van der Waals surface area contributed by atoms with Crippen LogP contribution in [0.15, 0.2) is 47.4 Å². The molecule has 0 bridgehead atoms. The van der Waals surface area contributed by atoms with E-state index in [0.717, 1.165) is 49.8 Å². The molecule has 1 saturated heterocycles. The standard InChI is InChI=1S/C24H30N4O3S2/c1-3-18-8-9-21-22(16-18)32-24(26-21)28-14-12-27(13-15-28)11-10-25-23(29)19-6-5-7-20(17-19)33(30,31)4-2/h5-9,16-17H,3-4,10-15H2,1-2H3,(H,25,29). The van der Waals surface area contributed by atoms with Gasteiger partial charge in [-0.1, -0.05) is 37.3 Å². The molecule has 1 aromatic heterocycles. The van der Waals surface area contributed by atoms with Crippen LogP contribution in [0, 0.1) is 0 Å². The minimum absolute atomic E-state index is 0.0147. The summed E-state index contributed by atoms with van der Waals surface area (Å²) < 4.78 is 25.4. The number of aryl methyl sites for hydroxylation is 1. The maximum absolute atomic E-state index is 12.5. The van der Waals surface area contributed by atoms with Crippen LogP contribution in [0.3, 0.4) is 0 Å². The lowest BCUT2D eigenvalue weighted by molar-refractivity contribution is 0.0947. The van der Waals surface area contributed by atoms with Crippen LogP contribution in [0.5, 0.6) is 0 Å². The van der Waals surface area contributed by atoms with Gasteiger partial charge in [-0.15, -0.1) is 0 Å². The lowest BCUT2D eigenvalue weighted by Crippen LogP contribution is -2.48. The quantitative estimate of drug-likeness (QED) is 0.527. The van der Waals surface area contributed by atoms with Crippen molar-refractivity contribution < 1.29 is 13.2 Å². The van der Waals surface area contributed by atoms with Crippen LogP contribution in [0.1, 0.15) is 29.8 Å². The summed E-state index contributed by atoms with van der Waals surface area (Å²) in [5.41, 5.74) is 2.77. The van der Waals surface area contributed by atoms with Crippen LogP contribution >= 0.6 is 11.3 Å². The monoisotopic (exact) mass is 486 g/mol. The number of benzene rings is 2. The Balaban J connectivity index is 1.26. The summed E-state index contributed by atoms with van der Waals surface area (Å²) in [5.74, 6) is -0.233. The van der Waals surface area contributed by atoms with Crippen molar-refractivity contribution in [2.45, 2.75) is 25.2 Å². The van der Waals surface area contributed by atoms with Gasteiger partial charge in [0.1, 0.15) is 0 Å². The van der Waals surface area contributed by atoms with E-state index in [9.17, 15) is 13.2 Å². The maximum Gasteiger partial charge on any atom is 0.251 e. The van der Waals surface area contributed by atoms with Crippen molar-refractivity contribution in [3.63, 3.8) is 0 Å². The summed E-state index contributed by atoms with van der Waals surface area (Å²) in [7, 11) is -3.33. The van der Waals surface area contributed by atoms with E-state index in [2.05, 4.69) is 40.2 Å². The molecule has 3 aromatic rings. The highest BCUT2D eigenvalue weighted by Gasteiger charge is 2.20. The Labute approximate surface area is 199 Å². The van der Waals surface area contributed by atoms with Gasteiger partial charge in [0.05, 0.1) is 20.9 Å². The number of rotatable bonds is 8.